The Labute approximate surface area is 84.8 Å². The molecule has 2 heterocycles. The third-order valence-corrected chi connectivity index (χ3v) is 3.37. The molecule has 0 aromatic rings. The van der Waals surface area contributed by atoms with Gasteiger partial charge in [0.15, 0.2) is 0 Å². The van der Waals surface area contributed by atoms with Gasteiger partial charge in [-0.15, -0.1) is 0 Å². The number of carbonyl (C=O) groups excluding carboxylic acids is 1. The SMILES string of the molecule is CC1OCCC1C(=O)C1CCOCC1. The van der Waals surface area contributed by atoms with Crippen molar-refractivity contribution in [2.45, 2.75) is 32.3 Å². The molecule has 0 amide bonds. The van der Waals surface area contributed by atoms with Crippen LogP contribution in [-0.4, -0.2) is 31.7 Å². The van der Waals surface area contributed by atoms with E-state index >= 15 is 0 Å². The normalized spacial score (nSPS) is 34.6. The van der Waals surface area contributed by atoms with Crippen LogP contribution in [0.4, 0.5) is 0 Å². The van der Waals surface area contributed by atoms with Gasteiger partial charge in [0.25, 0.3) is 0 Å². The van der Waals surface area contributed by atoms with E-state index in [1.165, 1.54) is 0 Å². The lowest BCUT2D eigenvalue weighted by Crippen LogP contribution is -2.32. The van der Waals surface area contributed by atoms with E-state index in [1.54, 1.807) is 0 Å². The fourth-order valence-electron chi connectivity index (χ4n) is 2.39. The maximum absolute atomic E-state index is 12.1. The van der Waals surface area contributed by atoms with Crippen LogP contribution in [0, 0.1) is 11.8 Å². The summed E-state index contributed by atoms with van der Waals surface area (Å²) in [6, 6.07) is 0. The number of ether oxygens (including phenoxy) is 2. The third kappa shape index (κ3) is 1.98. The summed E-state index contributed by atoms with van der Waals surface area (Å²) >= 11 is 0. The van der Waals surface area contributed by atoms with E-state index in [1.807, 2.05) is 6.92 Å². The van der Waals surface area contributed by atoms with Crippen LogP contribution in [0.15, 0.2) is 0 Å². The predicted molar refractivity (Wildman–Crippen MR) is 52.1 cm³/mol. The van der Waals surface area contributed by atoms with Crippen LogP contribution in [0.25, 0.3) is 0 Å². The van der Waals surface area contributed by atoms with Crippen molar-refractivity contribution in [3.8, 4) is 0 Å². The molecule has 0 radical (unpaired) electrons. The molecule has 2 aliphatic heterocycles. The van der Waals surface area contributed by atoms with Crippen LogP contribution in [-0.2, 0) is 14.3 Å². The number of rotatable bonds is 2. The molecule has 2 saturated heterocycles. The van der Waals surface area contributed by atoms with Crippen molar-refractivity contribution in [1.82, 2.24) is 0 Å². The number of ketones is 1. The van der Waals surface area contributed by atoms with Gasteiger partial charge >= 0.3 is 0 Å². The molecule has 3 nitrogen and oxygen atoms in total. The Kier molecular flexibility index (Phi) is 3.19. The molecular formula is C11H18O3. The van der Waals surface area contributed by atoms with Crippen molar-refractivity contribution < 1.29 is 14.3 Å². The monoisotopic (exact) mass is 198 g/mol. The smallest absolute Gasteiger partial charge is 0.141 e. The molecule has 3 heteroatoms. The lowest BCUT2D eigenvalue weighted by Gasteiger charge is -2.24. The molecule has 0 spiro atoms. The highest BCUT2D eigenvalue weighted by atomic mass is 16.5. The van der Waals surface area contributed by atoms with Crippen molar-refractivity contribution in [3.63, 3.8) is 0 Å². The van der Waals surface area contributed by atoms with E-state index in [0.29, 0.717) is 5.78 Å². The minimum Gasteiger partial charge on any atom is -0.381 e. The first-order chi connectivity index (χ1) is 6.79. The van der Waals surface area contributed by atoms with E-state index in [4.69, 9.17) is 9.47 Å². The predicted octanol–water partition coefficient (Wildman–Crippen LogP) is 1.41. The van der Waals surface area contributed by atoms with Crippen LogP contribution in [0.5, 0.6) is 0 Å². The second-order valence-electron chi connectivity index (χ2n) is 4.26. The molecule has 2 aliphatic rings. The minimum atomic E-state index is 0.130. The summed E-state index contributed by atoms with van der Waals surface area (Å²) in [6.45, 7) is 4.26. The van der Waals surface area contributed by atoms with Gasteiger partial charge in [0, 0.05) is 31.7 Å². The van der Waals surface area contributed by atoms with E-state index in [9.17, 15) is 4.79 Å². The first-order valence-electron chi connectivity index (χ1n) is 5.52. The molecule has 14 heavy (non-hydrogen) atoms. The quantitative estimate of drug-likeness (QED) is 0.673. The van der Waals surface area contributed by atoms with Crippen molar-refractivity contribution >= 4 is 5.78 Å². The third-order valence-electron chi connectivity index (χ3n) is 3.37. The maximum atomic E-state index is 12.1. The average Bonchev–Trinajstić information content (AvgIpc) is 2.65. The van der Waals surface area contributed by atoms with Gasteiger partial charge in [0.05, 0.1) is 6.10 Å². The van der Waals surface area contributed by atoms with E-state index in [2.05, 4.69) is 0 Å². The van der Waals surface area contributed by atoms with E-state index in [-0.39, 0.29) is 17.9 Å². The first-order valence-corrected chi connectivity index (χ1v) is 5.52. The lowest BCUT2D eigenvalue weighted by atomic mass is 9.84. The second-order valence-corrected chi connectivity index (χ2v) is 4.26. The number of Topliss-reactive ketones (excluding diaryl/α,β-unsaturated/α-hetero) is 1. The molecule has 0 aromatic heterocycles. The van der Waals surface area contributed by atoms with E-state index in [0.717, 1.165) is 39.1 Å². The van der Waals surface area contributed by atoms with Crippen LogP contribution >= 0.6 is 0 Å². The zero-order valence-corrected chi connectivity index (χ0v) is 8.70. The highest BCUT2D eigenvalue weighted by Crippen LogP contribution is 2.28. The molecule has 0 saturated carbocycles. The Balaban J connectivity index is 1.92. The molecule has 2 atom stereocenters. The molecule has 0 aliphatic carbocycles. The Morgan fingerprint density at radius 1 is 1.14 bits per heavy atom. The largest absolute Gasteiger partial charge is 0.381 e. The number of carbonyl (C=O) groups is 1. The molecule has 0 aromatic carbocycles. The standard InChI is InChI=1S/C11H18O3/c1-8-10(4-7-14-8)11(12)9-2-5-13-6-3-9/h8-10H,2-7H2,1H3. The van der Waals surface area contributed by atoms with E-state index < -0.39 is 0 Å². The van der Waals surface area contributed by atoms with Crippen LogP contribution in [0.1, 0.15) is 26.2 Å². The van der Waals surface area contributed by atoms with Gasteiger partial charge in [0.1, 0.15) is 5.78 Å². The van der Waals surface area contributed by atoms with Crippen molar-refractivity contribution in [3.05, 3.63) is 0 Å². The highest BCUT2D eigenvalue weighted by Gasteiger charge is 2.35. The van der Waals surface area contributed by atoms with Gasteiger partial charge in [-0.1, -0.05) is 0 Å². The second kappa shape index (κ2) is 4.41. The molecule has 0 bridgehead atoms. The zero-order valence-electron chi connectivity index (χ0n) is 8.70. The first kappa shape index (κ1) is 10.1. The van der Waals surface area contributed by atoms with Crippen molar-refractivity contribution in [1.29, 1.82) is 0 Å². The fraction of sp³-hybridized carbons (Fsp3) is 0.909. The average molecular weight is 198 g/mol. The maximum Gasteiger partial charge on any atom is 0.141 e. The van der Waals surface area contributed by atoms with Crippen LogP contribution < -0.4 is 0 Å². The van der Waals surface area contributed by atoms with Gasteiger partial charge in [-0.2, -0.15) is 0 Å². The summed E-state index contributed by atoms with van der Waals surface area (Å²) in [7, 11) is 0. The zero-order chi connectivity index (χ0) is 9.97. The molecule has 0 N–H and O–H groups in total. The van der Waals surface area contributed by atoms with Gasteiger partial charge in [-0.05, 0) is 26.2 Å². The lowest BCUT2D eigenvalue weighted by molar-refractivity contribution is -0.131. The molecule has 2 unspecified atom stereocenters. The minimum absolute atomic E-state index is 0.130. The summed E-state index contributed by atoms with van der Waals surface area (Å²) in [5, 5.41) is 0. The highest BCUT2D eigenvalue weighted by molar-refractivity contribution is 5.84. The van der Waals surface area contributed by atoms with Crippen LogP contribution in [0.2, 0.25) is 0 Å². The van der Waals surface area contributed by atoms with Gasteiger partial charge < -0.3 is 9.47 Å². The molecule has 2 rings (SSSR count). The fourth-order valence-corrected chi connectivity index (χ4v) is 2.39. The summed E-state index contributed by atoms with van der Waals surface area (Å²) < 4.78 is 10.7. The van der Waals surface area contributed by atoms with Crippen molar-refractivity contribution in [2.75, 3.05) is 19.8 Å². The van der Waals surface area contributed by atoms with Crippen molar-refractivity contribution in [2.24, 2.45) is 11.8 Å². The molecule has 2 fully saturated rings. The summed E-state index contributed by atoms with van der Waals surface area (Å²) in [4.78, 5) is 12.1. The van der Waals surface area contributed by atoms with Gasteiger partial charge in [-0.25, -0.2) is 0 Å². The Morgan fingerprint density at radius 3 is 2.43 bits per heavy atom. The Morgan fingerprint density at radius 2 is 1.86 bits per heavy atom. The van der Waals surface area contributed by atoms with Crippen LogP contribution in [0.3, 0.4) is 0 Å². The van der Waals surface area contributed by atoms with Gasteiger partial charge in [-0.3, -0.25) is 4.79 Å². The molecule has 80 valence electrons. The number of hydrogen-bond donors (Lipinski definition) is 0. The summed E-state index contributed by atoms with van der Waals surface area (Å²) in [5.74, 6) is 0.800. The number of hydrogen-bond acceptors (Lipinski definition) is 3. The molecular weight excluding hydrogens is 180 g/mol. The summed E-state index contributed by atoms with van der Waals surface area (Å²) in [5.41, 5.74) is 0. The Hall–Kier alpha value is -0.410. The topological polar surface area (TPSA) is 35.5 Å². The van der Waals surface area contributed by atoms with Gasteiger partial charge in [0.2, 0.25) is 0 Å². The summed E-state index contributed by atoms with van der Waals surface area (Å²) in [6.07, 6.45) is 2.85. The Bertz CT molecular complexity index is 209.